The molecule has 132 valence electrons. The second kappa shape index (κ2) is 8.92. The maximum atomic E-state index is 12.2. The first-order valence-corrected chi connectivity index (χ1v) is 9.33. The van der Waals surface area contributed by atoms with Crippen molar-refractivity contribution in [1.82, 2.24) is 0 Å². The van der Waals surface area contributed by atoms with Crippen molar-refractivity contribution in [2.45, 2.75) is 26.0 Å². The molecule has 0 saturated heterocycles. The van der Waals surface area contributed by atoms with Crippen LogP contribution in [0.4, 0.5) is 11.4 Å². The second-order valence-corrected chi connectivity index (χ2v) is 7.53. The van der Waals surface area contributed by atoms with Gasteiger partial charge in [0.05, 0.1) is 11.0 Å². The van der Waals surface area contributed by atoms with Crippen LogP contribution < -0.4 is 10.6 Å². The van der Waals surface area contributed by atoms with Crippen LogP contribution in [0, 0.1) is 13.8 Å². The molecule has 25 heavy (non-hydrogen) atoms. The van der Waals surface area contributed by atoms with Crippen molar-refractivity contribution in [3.05, 3.63) is 58.6 Å². The van der Waals surface area contributed by atoms with E-state index >= 15 is 0 Å². The van der Waals surface area contributed by atoms with E-state index in [4.69, 9.17) is 11.6 Å². The Labute approximate surface area is 157 Å². The zero-order valence-corrected chi connectivity index (χ0v) is 16.0. The predicted molar refractivity (Wildman–Crippen MR) is 107 cm³/mol. The highest BCUT2D eigenvalue weighted by atomic mass is 35.5. The van der Waals surface area contributed by atoms with Gasteiger partial charge < -0.3 is 10.6 Å². The molecule has 0 aliphatic carbocycles. The summed E-state index contributed by atoms with van der Waals surface area (Å²) in [6, 6.07) is 12.9. The van der Waals surface area contributed by atoms with Gasteiger partial charge in [-0.2, -0.15) is 0 Å². The van der Waals surface area contributed by atoms with Gasteiger partial charge in [0.25, 0.3) is 0 Å². The number of halogens is 1. The van der Waals surface area contributed by atoms with E-state index in [-0.39, 0.29) is 22.8 Å². The average Bonchev–Trinajstić information content (AvgIpc) is 2.57. The number of anilines is 2. The Kier molecular flexibility index (Phi) is 6.91. The zero-order chi connectivity index (χ0) is 18.4. The Bertz CT molecular complexity index is 780. The first kappa shape index (κ1) is 19.3. The highest BCUT2D eigenvalue weighted by Gasteiger charge is 2.16. The molecule has 0 bridgehead atoms. The molecule has 6 heteroatoms. The maximum Gasteiger partial charge on any atom is 0.237 e. The lowest BCUT2D eigenvalue weighted by Crippen LogP contribution is -2.25. The van der Waals surface area contributed by atoms with Gasteiger partial charge >= 0.3 is 0 Å². The lowest BCUT2D eigenvalue weighted by molar-refractivity contribution is -0.115. The van der Waals surface area contributed by atoms with Crippen molar-refractivity contribution in [3.8, 4) is 0 Å². The molecule has 0 aliphatic rings. The third-order valence-corrected chi connectivity index (χ3v) is 5.08. The minimum Gasteiger partial charge on any atom is -0.325 e. The van der Waals surface area contributed by atoms with E-state index in [0.717, 1.165) is 22.5 Å². The summed E-state index contributed by atoms with van der Waals surface area (Å²) < 4.78 is 0. The molecule has 2 amide bonds. The monoisotopic (exact) mass is 376 g/mol. The van der Waals surface area contributed by atoms with Crippen LogP contribution in [0.2, 0.25) is 5.02 Å². The summed E-state index contributed by atoms with van der Waals surface area (Å²) in [5.74, 6) is -0.0644. The van der Waals surface area contributed by atoms with Crippen LogP contribution in [0.5, 0.6) is 0 Å². The van der Waals surface area contributed by atoms with E-state index in [1.807, 2.05) is 38.1 Å². The van der Waals surface area contributed by atoms with E-state index in [1.165, 1.54) is 11.8 Å². The van der Waals surface area contributed by atoms with Crippen molar-refractivity contribution in [2.75, 3.05) is 16.4 Å². The third-order valence-electron chi connectivity index (χ3n) is 3.70. The molecule has 1 unspecified atom stereocenters. The summed E-state index contributed by atoms with van der Waals surface area (Å²) in [6.07, 6.45) is 0. The lowest BCUT2D eigenvalue weighted by atomic mass is 10.2. The molecule has 4 nitrogen and oxygen atoms in total. The number of carbonyl (C=O) groups excluding carboxylic acids is 2. The molecule has 2 N–H and O–H groups in total. The quantitative estimate of drug-likeness (QED) is 0.771. The number of hydrogen-bond donors (Lipinski definition) is 2. The van der Waals surface area contributed by atoms with E-state index < -0.39 is 0 Å². The molecular weight excluding hydrogens is 356 g/mol. The van der Waals surface area contributed by atoms with Crippen LogP contribution in [0.25, 0.3) is 0 Å². The van der Waals surface area contributed by atoms with Crippen molar-refractivity contribution in [2.24, 2.45) is 0 Å². The fraction of sp³-hybridized carbons (Fsp3) is 0.263. The minimum absolute atomic E-state index is 0.116. The molecule has 0 fully saturated rings. The van der Waals surface area contributed by atoms with Crippen molar-refractivity contribution in [1.29, 1.82) is 0 Å². The van der Waals surface area contributed by atoms with Crippen molar-refractivity contribution < 1.29 is 9.59 Å². The Hall–Kier alpha value is -1.98. The maximum absolute atomic E-state index is 12.2. The number of hydrogen-bond acceptors (Lipinski definition) is 3. The largest absolute Gasteiger partial charge is 0.325 e. The highest BCUT2D eigenvalue weighted by Crippen LogP contribution is 2.21. The molecule has 0 aliphatic heterocycles. The number of thioether (sulfide) groups is 1. The molecule has 2 aromatic carbocycles. The summed E-state index contributed by atoms with van der Waals surface area (Å²) in [6.45, 7) is 5.61. The highest BCUT2D eigenvalue weighted by molar-refractivity contribution is 8.01. The van der Waals surface area contributed by atoms with Crippen LogP contribution in [0.1, 0.15) is 18.1 Å². The SMILES string of the molecule is Cc1cc(Cl)ccc1NC(=O)CSC(C)C(=O)Nc1ccccc1C. The molecular formula is C19H21ClN2O2S. The normalized spacial score (nSPS) is 11.7. The third kappa shape index (κ3) is 5.80. The molecule has 0 saturated carbocycles. The molecule has 0 heterocycles. The number of aryl methyl sites for hydroxylation is 2. The van der Waals surface area contributed by atoms with Gasteiger partial charge in [0.2, 0.25) is 11.8 Å². The topological polar surface area (TPSA) is 58.2 Å². The molecule has 2 rings (SSSR count). The second-order valence-electron chi connectivity index (χ2n) is 5.76. The fourth-order valence-electron chi connectivity index (χ4n) is 2.18. The number of benzene rings is 2. The summed E-state index contributed by atoms with van der Waals surface area (Å²) in [4.78, 5) is 24.3. The van der Waals surface area contributed by atoms with Gasteiger partial charge in [-0.25, -0.2) is 0 Å². The van der Waals surface area contributed by atoms with Gasteiger partial charge in [0.1, 0.15) is 0 Å². The summed E-state index contributed by atoms with van der Waals surface area (Å²) in [7, 11) is 0. The molecule has 1 atom stereocenters. The predicted octanol–water partition coefficient (Wildman–Crippen LogP) is 4.66. The van der Waals surface area contributed by atoms with Gasteiger partial charge in [0, 0.05) is 16.4 Å². The van der Waals surface area contributed by atoms with Crippen LogP contribution in [-0.2, 0) is 9.59 Å². The van der Waals surface area contributed by atoms with Crippen LogP contribution in [-0.4, -0.2) is 22.8 Å². The number of para-hydroxylation sites is 1. The first-order chi connectivity index (χ1) is 11.9. The molecule has 0 spiro atoms. The number of rotatable bonds is 6. The smallest absolute Gasteiger partial charge is 0.237 e. The fourth-order valence-corrected chi connectivity index (χ4v) is 3.09. The zero-order valence-electron chi connectivity index (χ0n) is 14.4. The molecule has 0 radical (unpaired) electrons. The minimum atomic E-state index is -0.336. The van der Waals surface area contributed by atoms with E-state index in [2.05, 4.69) is 10.6 Å². The van der Waals surface area contributed by atoms with E-state index in [0.29, 0.717) is 5.02 Å². The number of carbonyl (C=O) groups is 2. The molecule has 0 aromatic heterocycles. The molecule has 2 aromatic rings. The van der Waals surface area contributed by atoms with Gasteiger partial charge in [-0.15, -0.1) is 11.8 Å². The first-order valence-electron chi connectivity index (χ1n) is 7.91. The number of amides is 2. The van der Waals surface area contributed by atoms with Crippen LogP contribution in [0.15, 0.2) is 42.5 Å². The Morgan fingerprint density at radius 2 is 1.72 bits per heavy atom. The van der Waals surface area contributed by atoms with Gasteiger partial charge in [-0.3, -0.25) is 9.59 Å². The van der Waals surface area contributed by atoms with Crippen LogP contribution >= 0.6 is 23.4 Å². The summed E-state index contributed by atoms with van der Waals surface area (Å²) in [5, 5.41) is 6.03. The Morgan fingerprint density at radius 1 is 1.04 bits per heavy atom. The van der Waals surface area contributed by atoms with E-state index in [1.54, 1.807) is 25.1 Å². The lowest BCUT2D eigenvalue weighted by Gasteiger charge is -2.14. The van der Waals surface area contributed by atoms with Gasteiger partial charge in [-0.05, 0) is 56.2 Å². The number of nitrogens with one attached hydrogen (secondary N) is 2. The van der Waals surface area contributed by atoms with E-state index in [9.17, 15) is 9.59 Å². The average molecular weight is 377 g/mol. The van der Waals surface area contributed by atoms with Crippen molar-refractivity contribution >= 4 is 46.6 Å². The van der Waals surface area contributed by atoms with Gasteiger partial charge in [-0.1, -0.05) is 29.8 Å². The Morgan fingerprint density at radius 3 is 2.40 bits per heavy atom. The van der Waals surface area contributed by atoms with Crippen molar-refractivity contribution in [3.63, 3.8) is 0 Å². The summed E-state index contributed by atoms with van der Waals surface area (Å²) >= 11 is 7.20. The standard InChI is InChI=1S/C19H21ClN2O2S/c1-12-6-4-5-7-16(12)22-19(24)14(3)25-11-18(23)21-17-9-8-15(20)10-13(17)2/h4-10,14H,11H2,1-3H3,(H,21,23)(H,22,24). The summed E-state index contributed by atoms with van der Waals surface area (Å²) in [5.41, 5.74) is 3.42. The Balaban J connectivity index is 1.84. The van der Waals surface area contributed by atoms with Crippen LogP contribution in [0.3, 0.4) is 0 Å². The van der Waals surface area contributed by atoms with Gasteiger partial charge in [0.15, 0.2) is 0 Å².